The standard InChI is InChI=1S/C23H29ClN8O2/c1-15-13-27-17(16(2)19(15)34-3)14-32-21-18(20(24)28-22(25)29-21)31(23(32)33)12-8-26-7-6-11-30-9-4-5-10-30/h4-5,9-10,13,26H,6-8,11-12,14H2,1-3H3,(H2,25,28,29). The van der Waals surface area contributed by atoms with Gasteiger partial charge in [0.1, 0.15) is 11.3 Å². The Morgan fingerprint density at radius 2 is 1.88 bits per heavy atom. The van der Waals surface area contributed by atoms with Gasteiger partial charge in [0.05, 0.1) is 19.3 Å². The van der Waals surface area contributed by atoms with Crippen LogP contribution in [-0.4, -0.2) is 48.9 Å². The number of rotatable bonds is 10. The third kappa shape index (κ3) is 4.78. The number of anilines is 1. The highest BCUT2D eigenvalue weighted by Gasteiger charge is 2.21. The number of halogens is 1. The molecule has 4 heterocycles. The number of nitrogens with one attached hydrogen (secondary N) is 1. The van der Waals surface area contributed by atoms with Crippen molar-refractivity contribution in [3.05, 3.63) is 63.2 Å². The maximum Gasteiger partial charge on any atom is 0.330 e. The van der Waals surface area contributed by atoms with Crippen molar-refractivity contribution in [2.24, 2.45) is 0 Å². The van der Waals surface area contributed by atoms with Gasteiger partial charge in [-0.25, -0.2) is 4.79 Å². The minimum Gasteiger partial charge on any atom is -0.496 e. The Kier molecular flexibility index (Phi) is 7.18. The highest BCUT2D eigenvalue weighted by molar-refractivity contribution is 6.33. The Morgan fingerprint density at radius 1 is 1.12 bits per heavy atom. The second-order valence-corrected chi connectivity index (χ2v) is 8.49. The van der Waals surface area contributed by atoms with Crippen LogP contribution in [0.3, 0.4) is 0 Å². The summed E-state index contributed by atoms with van der Waals surface area (Å²) in [5, 5.41) is 3.54. The van der Waals surface area contributed by atoms with Crippen LogP contribution in [0.15, 0.2) is 35.5 Å². The maximum absolute atomic E-state index is 13.4. The molecule has 0 unspecified atom stereocenters. The van der Waals surface area contributed by atoms with Crippen molar-refractivity contribution >= 4 is 28.7 Å². The first-order chi connectivity index (χ1) is 16.4. The number of hydrogen-bond acceptors (Lipinski definition) is 7. The number of imidazole rings is 1. The van der Waals surface area contributed by atoms with Crippen LogP contribution in [0.25, 0.3) is 11.2 Å². The van der Waals surface area contributed by atoms with Gasteiger partial charge < -0.3 is 20.4 Å². The second-order valence-electron chi connectivity index (χ2n) is 8.14. The number of methoxy groups -OCH3 is 1. The molecule has 10 nitrogen and oxygen atoms in total. The lowest BCUT2D eigenvalue weighted by Gasteiger charge is -2.12. The van der Waals surface area contributed by atoms with E-state index < -0.39 is 0 Å². The van der Waals surface area contributed by atoms with Crippen LogP contribution < -0.4 is 21.5 Å². The number of aryl methyl sites for hydroxylation is 2. The average molecular weight is 485 g/mol. The fraction of sp³-hybridized carbons (Fsp3) is 0.391. The van der Waals surface area contributed by atoms with Crippen molar-refractivity contribution in [1.82, 2.24) is 34.0 Å². The molecule has 0 aliphatic carbocycles. The number of pyridine rings is 1. The number of nitrogens with zero attached hydrogens (tertiary/aromatic N) is 6. The van der Waals surface area contributed by atoms with E-state index in [2.05, 4.69) is 24.8 Å². The van der Waals surface area contributed by atoms with E-state index in [0.29, 0.717) is 29.9 Å². The normalized spacial score (nSPS) is 11.4. The van der Waals surface area contributed by atoms with E-state index in [9.17, 15) is 4.79 Å². The van der Waals surface area contributed by atoms with E-state index >= 15 is 0 Å². The Labute approximate surface area is 202 Å². The SMILES string of the molecule is COc1c(C)cnc(Cn2c(=O)n(CCNCCCn3cccc3)c3c(Cl)nc(N)nc32)c1C. The summed E-state index contributed by atoms with van der Waals surface area (Å²) in [6, 6.07) is 4.02. The molecule has 0 fully saturated rings. The third-order valence-electron chi connectivity index (χ3n) is 5.83. The van der Waals surface area contributed by atoms with Gasteiger partial charge in [-0.3, -0.25) is 14.1 Å². The highest BCUT2D eigenvalue weighted by atomic mass is 35.5. The Bertz CT molecular complexity index is 1340. The van der Waals surface area contributed by atoms with Gasteiger partial charge in [0, 0.05) is 49.4 Å². The average Bonchev–Trinajstić information content (AvgIpc) is 3.40. The molecule has 0 bridgehead atoms. The number of aromatic nitrogens is 6. The summed E-state index contributed by atoms with van der Waals surface area (Å²) in [7, 11) is 1.62. The summed E-state index contributed by atoms with van der Waals surface area (Å²) in [5.41, 5.74) is 8.96. The summed E-state index contributed by atoms with van der Waals surface area (Å²) in [6.07, 6.45) is 6.80. The Morgan fingerprint density at radius 3 is 2.62 bits per heavy atom. The first kappa shape index (κ1) is 23.8. The first-order valence-corrected chi connectivity index (χ1v) is 11.5. The monoisotopic (exact) mass is 484 g/mol. The molecule has 0 amide bonds. The molecule has 0 spiro atoms. The molecule has 11 heteroatoms. The van der Waals surface area contributed by atoms with Gasteiger partial charge in [-0.2, -0.15) is 9.97 Å². The fourth-order valence-electron chi connectivity index (χ4n) is 4.14. The lowest BCUT2D eigenvalue weighted by atomic mass is 10.1. The van der Waals surface area contributed by atoms with Gasteiger partial charge in [-0.1, -0.05) is 11.6 Å². The van der Waals surface area contributed by atoms with Crippen LogP contribution in [0.5, 0.6) is 5.75 Å². The van der Waals surface area contributed by atoms with Gasteiger partial charge in [-0.05, 0) is 38.9 Å². The van der Waals surface area contributed by atoms with Gasteiger partial charge >= 0.3 is 5.69 Å². The van der Waals surface area contributed by atoms with Crippen LogP contribution in [0.2, 0.25) is 5.15 Å². The molecule has 3 N–H and O–H groups in total. The summed E-state index contributed by atoms with van der Waals surface area (Å²) in [5.74, 6) is 0.760. The smallest absolute Gasteiger partial charge is 0.330 e. The van der Waals surface area contributed by atoms with E-state index in [1.54, 1.807) is 17.9 Å². The number of nitrogens with two attached hydrogens (primary N) is 1. The summed E-state index contributed by atoms with van der Waals surface area (Å²) < 4.78 is 10.8. The predicted octanol–water partition coefficient (Wildman–Crippen LogP) is 2.38. The molecular formula is C23H29ClN8O2. The van der Waals surface area contributed by atoms with Crippen LogP contribution in [0.1, 0.15) is 23.2 Å². The van der Waals surface area contributed by atoms with Crippen molar-refractivity contribution in [1.29, 1.82) is 0 Å². The summed E-state index contributed by atoms with van der Waals surface area (Å²) in [6.45, 7) is 6.84. The van der Waals surface area contributed by atoms with Crippen molar-refractivity contribution in [3.63, 3.8) is 0 Å². The van der Waals surface area contributed by atoms with E-state index in [1.165, 1.54) is 4.57 Å². The molecule has 4 aromatic rings. The largest absolute Gasteiger partial charge is 0.496 e. The summed E-state index contributed by atoms with van der Waals surface area (Å²) in [4.78, 5) is 26.4. The maximum atomic E-state index is 13.4. The van der Waals surface area contributed by atoms with Gasteiger partial charge in [0.2, 0.25) is 5.95 Å². The molecule has 180 valence electrons. The molecular weight excluding hydrogens is 456 g/mol. The van der Waals surface area contributed by atoms with Crippen molar-refractivity contribution in [3.8, 4) is 5.75 Å². The van der Waals surface area contributed by atoms with Gasteiger partial charge in [0.25, 0.3) is 0 Å². The van der Waals surface area contributed by atoms with Crippen LogP contribution >= 0.6 is 11.6 Å². The van der Waals surface area contributed by atoms with E-state index in [4.69, 9.17) is 22.1 Å². The van der Waals surface area contributed by atoms with E-state index in [-0.39, 0.29) is 23.3 Å². The minimum atomic E-state index is -0.244. The molecule has 0 saturated heterocycles. The van der Waals surface area contributed by atoms with Crippen LogP contribution in [0.4, 0.5) is 5.95 Å². The number of hydrogen-bond donors (Lipinski definition) is 2. The van der Waals surface area contributed by atoms with Crippen molar-refractivity contribution < 1.29 is 4.74 Å². The first-order valence-electron chi connectivity index (χ1n) is 11.1. The van der Waals surface area contributed by atoms with Gasteiger partial charge in [0.15, 0.2) is 10.8 Å². The van der Waals surface area contributed by atoms with Crippen LogP contribution in [-0.2, 0) is 19.6 Å². The predicted molar refractivity (Wildman–Crippen MR) is 132 cm³/mol. The quantitative estimate of drug-likeness (QED) is 0.262. The van der Waals surface area contributed by atoms with Crippen LogP contribution in [0, 0.1) is 13.8 Å². The molecule has 34 heavy (non-hydrogen) atoms. The Hall–Kier alpha value is -3.37. The lowest BCUT2D eigenvalue weighted by Crippen LogP contribution is -2.30. The number of nitrogen functional groups attached to an aromatic ring is 1. The molecule has 0 radical (unpaired) electrons. The van der Waals surface area contributed by atoms with E-state index in [1.807, 2.05) is 38.4 Å². The van der Waals surface area contributed by atoms with Crippen molar-refractivity contribution in [2.45, 2.75) is 39.9 Å². The zero-order valence-electron chi connectivity index (χ0n) is 19.6. The minimum absolute atomic E-state index is 0.0118. The Balaban J connectivity index is 1.57. The molecule has 0 aliphatic heterocycles. The highest BCUT2D eigenvalue weighted by Crippen LogP contribution is 2.26. The zero-order chi connectivity index (χ0) is 24.2. The third-order valence-corrected chi connectivity index (χ3v) is 6.10. The zero-order valence-corrected chi connectivity index (χ0v) is 20.3. The number of ether oxygens (including phenoxy) is 1. The molecule has 0 saturated carbocycles. The topological polar surface area (TPSA) is 118 Å². The fourth-order valence-corrected chi connectivity index (χ4v) is 4.41. The molecule has 0 atom stereocenters. The molecule has 4 rings (SSSR count). The molecule has 4 aromatic heterocycles. The molecule has 0 aliphatic rings. The second kappa shape index (κ2) is 10.3. The number of fused-ring (bicyclic) bond motifs is 1. The van der Waals surface area contributed by atoms with E-state index in [0.717, 1.165) is 36.4 Å². The lowest BCUT2D eigenvalue weighted by molar-refractivity contribution is 0.406. The van der Waals surface area contributed by atoms with Crippen molar-refractivity contribution in [2.75, 3.05) is 25.9 Å². The summed E-state index contributed by atoms with van der Waals surface area (Å²) >= 11 is 6.41. The van der Waals surface area contributed by atoms with Gasteiger partial charge in [-0.15, -0.1) is 0 Å². The molecule has 0 aromatic carbocycles.